The van der Waals surface area contributed by atoms with Gasteiger partial charge in [-0.05, 0) is 37.6 Å². The topological polar surface area (TPSA) is 75.7 Å². The molecule has 6 nitrogen and oxygen atoms in total. The number of halogens is 1. The third-order valence-corrected chi connectivity index (χ3v) is 6.81. The smallest absolute Gasteiger partial charge is 0.251 e. The van der Waals surface area contributed by atoms with Crippen LogP contribution in [0.5, 0.6) is 0 Å². The number of carbonyl (C=O) groups is 1. The highest BCUT2D eigenvalue weighted by Gasteiger charge is 2.33. The Morgan fingerprint density at radius 3 is 2.43 bits per heavy atom. The lowest BCUT2D eigenvalue weighted by molar-refractivity contribution is -0.0440. The number of amides is 1. The molecule has 1 heterocycles. The highest BCUT2D eigenvalue weighted by molar-refractivity contribution is 7.89. The van der Waals surface area contributed by atoms with Crippen LogP contribution in [0, 0.1) is 0 Å². The number of carbonyl (C=O) groups excluding carboxylic acids is 1. The van der Waals surface area contributed by atoms with Crippen LogP contribution in [0.3, 0.4) is 0 Å². The molecule has 1 saturated heterocycles. The summed E-state index contributed by atoms with van der Waals surface area (Å²) in [5, 5.41) is 2.89. The summed E-state index contributed by atoms with van der Waals surface area (Å²) in [4.78, 5) is 12.4. The summed E-state index contributed by atoms with van der Waals surface area (Å²) < 4.78 is 33.2. The summed E-state index contributed by atoms with van der Waals surface area (Å²) in [6, 6.07) is 13.8. The quantitative estimate of drug-likeness (QED) is 0.803. The minimum absolute atomic E-state index is 0.0668. The van der Waals surface area contributed by atoms with Crippen molar-refractivity contribution >= 4 is 27.5 Å². The van der Waals surface area contributed by atoms with E-state index in [4.69, 9.17) is 16.3 Å². The van der Waals surface area contributed by atoms with Gasteiger partial charge in [0.15, 0.2) is 0 Å². The van der Waals surface area contributed by atoms with E-state index in [0.29, 0.717) is 6.54 Å². The van der Waals surface area contributed by atoms with Gasteiger partial charge in [-0.1, -0.05) is 41.9 Å². The fourth-order valence-corrected chi connectivity index (χ4v) is 5.28. The molecule has 0 aromatic heterocycles. The Hall–Kier alpha value is -1.93. The van der Waals surface area contributed by atoms with Crippen LogP contribution >= 0.6 is 11.6 Å². The third kappa shape index (κ3) is 4.72. The lowest BCUT2D eigenvalue weighted by Crippen LogP contribution is -2.48. The zero-order chi connectivity index (χ0) is 20.3. The van der Waals surface area contributed by atoms with Crippen LogP contribution in [0.2, 0.25) is 5.02 Å². The Balaban J connectivity index is 1.81. The highest BCUT2D eigenvalue weighted by atomic mass is 35.5. The molecule has 1 fully saturated rings. The van der Waals surface area contributed by atoms with Crippen LogP contribution in [-0.2, 0) is 21.3 Å². The number of morpholine rings is 1. The molecule has 1 N–H and O–H groups in total. The molecular formula is C20H23ClN2O4S. The van der Waals surface area contributed by atoms with E-state index >= 15 is 0 Å². The number of sulfonamides is 1. The first kappa shape index (κ1) is 20.8. The zero-order valence-electron chi connectivity index (χ0n) is 15.8. The van der Waals surface area contributed by atoms with Gasteiger partial charge in [-0.2, -0.15) is 4.31 Å². The Labute approximate surface area is 170 Å². The molecule has 0 bridgehead atoms. The van der Waals surface area contributed by atoms with Crippen molar-refractivity contribution in [2.45, 2.75) is 37.5 Å². The van der Waals surface area contributed by atoms with Crippen molar-refractivity contribution in [2.75, 3.05) is 13.1 Å². The molecule has 3 rings (SSSR count). The Morgan fingerprint density at radius 1 is 1.14 bits per heavy atom. The van der Waals surface area contributed by atoms with Gasteiger partial charge in [-0.3, -0.25) is 4.79 Å². The van der Waals surface area contributed by atoms with Crippen molar-refractivity contribution in [3.63, 3.8) is 0 Å². The maximum absolute atomic E-state index is 13.1. The lowest BCUT2D eigenvalue weighted by atomic mass is 10.2. The molecule has 28 heavy (non-hydrogen) atoms. The van der Waals surface area contributed by atoms with Crippen LogP contribution in [-0.4, -0.2) is 43.9 Å². The maximum Gasteiger partial charge on any atom is 0.251 e. The van der Waals surface area contributed by atoms with Gasteiger partial charge in [0.1, 0.15) is 4.90 Å². The van der Waals surface area contributed by atoms with Gasteiger partial charge in [0.25, 0.3) is 5.91 Å². The number of nitrogens with zero attached hydrogens (tertiary/aromatic N) is 1. The summed E-state index contributed by atoms with van der Waals surface area (Å²) >= 11 is 6.18. The predicted molar refractivity (Wildman–Crippen MR) is 108 cm³/mol. The maximum atomic E-state index is 13.1. The van der Waals surface area contributed by atoms with Crippen molar-refractivity contribution in [1.29, 1.82) is 0 Å². The first-order valence-electron chi connectivity index (χ1n) is 9.04. The number of benzene rings is 2. The molecule has 0 radical (unpaired) electrons. The second-order valence-corrected chi connectivity index (χ2v) is 9.21. The number of ether oxygens (including phenoxy) is 1. The first-order chi connectivity index (χ1) is 13.3. The van der Waals surface area contributed by atoms with E-state index in [9.17, 15) is 13.2 Å². The largest absolute Gasteiger partial charge is 0.373 e. The number of hydrogen-bond donors (Lipinski definition) is 1. The summed E-state index contributed by atoms with van der Waals surface area (Å²) in [5.74, 6) is -0.360. The molecule has 2 atom stereocenters. The van der Waals surface area contributed by atoms with Crippen LogP contribution in [0.4, 0.5) is 0 Å². The Bertz CT molecular complexity index is 940. The molecule has 1 amide bonds. The van der Waals surface area contributed by atoms with E-state index in [-0.39, 0.29) is 46.7 Å². The number of hydrogen-bond acceptors (Lipinski definition) is 4. The van der Waals surface area contributed by atoms with Crippen molar-refractivity contribution in [1.82, 2.24) is 9.62 Å². The fourth-order valence-electron chi connectivity index (χ4n) is 3.19. The Morgan fingerprint density at radius 2 is 1.79 bits per heavy atom. The van der Waals surface area contributed by atoms with Crippen molar-refractivity contribution < 1.29 is 17.9 Å². The summed E-state index contributed by atoms with van der Waals surface area (Å²) in [6.07, 6.45) is -0.427. The third-order valence-electron chi connectivity index (χ3n) is 4.49. The van der Waals surface area contributed by atoms with E-state index in [1.54, 1.807) is 0 Å². The minimum Gasteiger partial charge on any atom is -0.373 e. The van der Waals surface area contributed by atoms with Gasteiger partial charge in [0, 0.05) is 25.2 Å². The van der Waals surface area contributed by atoms with Crippen molar-refractivity contribution in [3.8, 4) is 0 Å². The van der Waals surface area contributed by atoms with Gasteiger partial charge >= 0.3 is 0 Å². The van der Waals surface area contributed by atoms with Crippen LogP contribution < -0.4 is 5.32 Å². The molecule has 0 spiro atoms. The average molecular weight is 423 g/mol. The van der Waals surface area contributed by atoms with Crippen molar-refractivity contribution in [2.24, 2.45) is 0 Å². The molecule has 1 aliphatic heterocycles. The minimum atomic E-state index is -3.84. The van der Waals surface area contributed by atoms with Gasteiger partial charge in [0.2, 0.25) is 10.0 Å². The summed E-state index contributed by atoms with van der Waals surface area (Å²) in [7, 11) is -3.84. The van der Waals surface area contributed by atoms with E-state index in [0.717, 1.165) is 5.56 Å². The normalized spacial score (nSPS) is 20.7. The molecule has 2 aromatic carbocycles. The van der Waals surface area contributed by atoms with Crippen molar-refractivity contribution in [3.05, 3.63) is 64.7 Å². The van der Waals surface area contributed by atoms with Crippen LogP contribution in [0.15, 0.2) is 53.4 Å². The number of nitrogens with one attached hydrogen (secondary N) is 1. The summed E-state index contributed by atoms with van der Waals surface area (Å²) in [5.41, 5.74) is 1.20. The zero-order valence-corrected chi connectivity index (χ0v) is 17.3. The van der Waals surface area contributed by atoms with Gasteiger partial charge in [-0.15, -0.1) is 0 Å². The van der Waals surface area contributed by atoms with E-state index in [1.165, 1.54) is 22.5 Å². The molecule has 8 heteroatoms. The van der Waals surface area contributed by atoms with E-state index < -0.39 is 10.0 Å². The molecular weight excluding hydrogens is 400 g/mol. The van der Waals surface area contributed by atoms with Crippen LogP contribution in [0.25, 0.3) is 0 Å². The van der Waals surface area contributed by atoms with E-state index in [1.807, 2.05) is 44.2 Å². The SMILES string of the molecule is C[C@@H]1CN(S(=O)(=O)c2cc(C(=O)NCc3ccccc3)ccc2Cl)C[C@H](C)O1. The van der Waals surface area contributed by atoms with E-state index in [2.05, 4.69) is 5.32 Å². The highest BCUT2D eigenvalue weighted by Crippen LogP contribution is 2.28. The second-order valence-electron chi connectivity index (χ2n) is 6.89. The second kappa shape index (κ2) is 8.61. The van der Waals surface area contributed by atoms with Crippen LogP contribution in [0.1, 0.15) is 29.8 Å². The number of rotatable bonds is 5. The summed E-state index contributed by atoms with van der Waals surface area (Å²) in [6.45, 7) is 4.49. The first-order valence-corrected chi connectivity index (χ1v) is 10.9. The fraction of sp³-hybridized carbons (Fsp3) is 0.350. The van der Waals surface area contributed by atoms with Gasteiger partial charge < -0.3 is 10.1 Å². The van der Waals surface area contributed by atoms with Gasteiger partial charge in [-0.25, -0.2) is 8.42 Å². The molecule has 0 unspecified atom stereocenters. The monoisotopic (exact) mass is 422 g/mol. The average Bonchev–Trinajstić information content (AvgIpc) is 2.66. The lowest BCUT2D eigenvalue weighted by Gasteiger charge is -2.34. The van der Waals surface area contributed by atoms with Gasteiger partial charge in [0.05, 0.1) is 17.2 Å². The molecule has 0 aliphatic carbocycles. The molecule has 2 aromatic rings. The molecule has 150 valence electrons. The molecule has 0 saturated carbocycles. The predicted octanol–water partition coefficient (Wildman–Crippen LogP) is 3.07. The Kier molecular flexibility index (Phi) is 6.40. The molecule has 1 aliphatic rings. The standard InChI is InChI=1S/C20H23ClN2O4S/c1-14-12-23(13-15(2)27-14)28(25,26)19-10-17(8-9-18(19)21)20(24)22-11-16-6-4-3-5-7-16/h3-10,14-15H,11-13H2,1-2H3,(H,22,24)/t14-,15+.